The summed E-state index contributed by atoms with van der Waals surface area (Å²) in [5.74, 6) is 0. The fourth-order valence-corrected chi connectivity index (χ4v) is 2.94. The van der Waals surface area contributed by atoms with Crippen LogP contribution in [0.3, 0.4) is 0 Å². The van der Waals surface area contributed by atoms with Crippen LogP contribution in [0.4, 0.5) is 0 Å². The summed E-state index contributed by atoms with van der Waals surface area (Å²) in [7, 11) is -3.21. The van der Waals surface area contributed by atoms with Crippen LogP contribution in [-0.4, -0.2) is 42.8 Å². The average Bonchev–Trinajstić information content (AvgIpc) is 2.54. The van der Waals surface area contributed by atoms with E-state index in [1.165, 1.54) is 18.4 Å². The number of pyridine rings is 1. The SMILES string of the molecule is CCN(Cc1ccccn1)CC(O)c1ccc(S(C)(=O)=O)cc1. The molecule has 0 amide bonds. The molecule has 0 saturated carbocycles. The second kappa shape index (κ2) is 7.68. The van der Waals surface area contributed by atoms with E-state index in [0.717, 1.165) is 12.2 Å². The van der Waals surface area contributed by atoms with Gasteiger partial charge in [0.15, 0.2) is 9.84 Å². The number of aliphatic hydroxyl groups excluding tert-OH is 1. The Morgan fingerprint density at radius 3 is 2.39 bits per heavy atom. The summed E-state index contributed by atoms with van der Waals surface area (Å²) in [5, 5.41) is 10.4. The number of rotatable bonds is 7. The lowest BCUT2D eigenvalue weighted by atomic mass is 10.1. The topological polar surface area (TPSA) is 70.5 Å². The van der Waals surface area contributed by atoms with E-state index < -0.39 is 15.9 Å². The molecule has 0 bridgehead atoms. The highest BCUT2D eigenvalue weighted by Gasteiger charge is 2.14. The van der Waals surface area contributed by atoms with Gasteiger partial charge in [-0.3, -0.25) is 9.88 Å². The third-order valence-electron chi connectivity index (χ3n) is 3.68. The number of hydrogen-bond donors (Lipinski definition) is 1. The Bertz CT molecular complexity index is 715. The summed E-state index contributed by atoms with van der Waals surface area (Å²) in [6.45, 7) is 3.94. The van der Waals surface area contributed by atoms with Crippen LogP contribution < -0.4 is 0 Å². The lowest BCUT2D eigenvalue weighted by Crippen LogP contribution is -2.28. The van der Waals surface area contributed by atoms with Gasteiger partial charge in [-0.25, -0.2) is 8.42 Å². The van der Waals surface area contributed by atoms with Gasteiger partial charge in [0.25, 0.3) is 0 Å². The Labute approximate surface area is 137 Å². The molecule has 0 spiro atoms. The molecule has 1 aromatic heterocycles. The van der Waals surface area contributed by atoms with Crippen LogP contribution in [0.15, 0.2) is 53.6 Å². The third kappa shape index (κ3) is 5.13. The molecule has 0 aliphatic carbocycles. The Morgan fingerprint density at radius 2 is 1.87 bits per heavy atom. The fraction of sp³-hybridized carbons (Fsp3) is 0.353. The molecular formula is C17H22N2O3S. The highest BCUT2D eigenvalue weighted by Crippen LogP contribution is 2.18. The largest absolute Gasteiger partial charge is 0.387 e. The van der Waals surface area contributed by atoms with E-state index in [-0.39, 0.29) is 4.90 Å². The van der Waals surface area contributed by atoms with Gasteiger partial charge in [-0.05, 0) is 36.4 Å². The molecule has 1 aromatic carbocycles. The smallest absolute Gasteiger partial charge is 0.175 e. The van der Waals surface area contributed by atoms with Gasteiger partial charge in [-0.15, -0.1) is 0 Å². The first-order valence-corrected chi connectivity index (χ1v) is 9.39. The first kappa shape index (κ1) is 17.6. The first-order valence-electron chi connectivity index (χ1n) is 7.50. The number of likely N-dealkylation sites (N-methyl/N-ethyl adjacent to an activating group) is 1. The Kier molecular flexibility index (Phi) is 5.87. The van der Waals surface area contributed by atoms with Gasteiger partial charge in [-0.2, -0.15) is 0 Å². The van der Waals surface area contributed by atoms with Crippen molar-refractivity contribution in [3.63, 3.8) is 0 Å². The minimum atomic E-state index is -3.21. The minimum Gasteiger partial charge on any atom is -0.387 e. The van der Waals surface area contributed by atoms with E-state index in [2.05, 4.69) is 9.88 Å². The van der Waals surface area contributed by atoms with E-state index in [4.69, 9.17) is 0 Å². The number of aliphatic hydroxyl groups is 1. The van der Waals surface area contributed by atoms with Gasteiger partial charge in [0.05, 0.1) is 16.7 Å². The van der Waals surface area contributed by atoms with Crippen LogP contribution in [0.1, 0.15) is 24.3 Å². The molecule has 0 fully saturated rings. The van der Waals surface area contributed by atoms with Crippen molar-refractivity contribution in [1.82, 2.24) is 9.88 Å². The molecule has 1 atom stereocenters. The quantitative estimate of drug-likeness (QED) is 0.839. The van der Waals surface area contributed by atoms with Crippen molar-refractivity contribution in [1.29, 1.82) is 0 Å². The van der Waals surface area contributed by atoms with Crippen molar-refractivity contribution in [3.8, 4) is 0 Å². The fourth-order valence-electron chi connectivity index (χ4n) is 2.31. The minimum absolute atomic E-state index is 0.259. The number of nitrogens with zero attached hydrogens (tertiary/aromatic N) is 2. The zero-order valence-corrected chi connectivity index (χ0v) is 14.2. The van der Waals surface area contributed by atoms with Gasteiger partial charge in [0.2, 0.25) is 0 Å². The molecular weight excluding hydrogens is 312 g/mol. The molecule has 1 heterocycles. The zero-order chi connectivity index (χ0) is 16.9. The van der Waals surface area contributed by atoms with Crippen LogP contribution in [0.5, 0.6) is 0 Å². The zero-order valence-electron chi connectivity index (χ0n) is 13.4. The van der Waals surface area contributed by atoms with Crippen molar-refractivity contribution in [2.75, 3.05) is 19.3 Å². The van der Waals surface area contributed by atoms with E-state index in [1.807, 2.05) is 25.1 Å². The van der Waals surface area contributed by atoms with Crippen molar-refractivity contribution in [2.45, 2.75) is 24.5 Å². The molecule has 1 unspecified atom stereocenters. The molecule has 5 nitrogen and oxygen atoms in total. The molecule has 0 aliphatic rings. The van der Waals surface area contributed by atoms with Crippen molar-refractivity contribution < 1.29 is 13.5 Å². The molecule has 124 valence electrons. The van der Waals surface area contributed by atoms with Crippen molar-refractivity contribution in [2.24, 2.45) is 0 Å². The highest BCUT2D eigenvalue weighted by molar-refractivity contribution is 7.90. The van der Waals surface area contributed by atoms with E-state index in [1.54, 1.807) is 18.3 Å². The lowest BCUT2D eigenvalue weighted by molar-refractivity contribution is 0.111. The summed E-state index contributed by atoms with van der Waals surface area (Å²) >= 11 is 0. The molecule has 6 heteroatoms. The second-order valence-corrected chi connectivity index (χ2v) is 7.52. The molecule has 2 rings (SSSR count). The maximum absolute atomic E-state index is 11.5. The van der Waals surface area contributed by atoms with Crippen molar-refractivity contribution >= 4 is 9.84 Å². The standard InChI is InChI=1S/C17H22N2O3S/c1-3-19(12-15-6-4-5-11-18-15)13-17(20)14-7-9-16(10-8-14)23(2,21)22/h4-11,17,20H,3,12-13H2,1-2H3. The molecule has 0 radical (unpaired) electrons. The number of hydrogen-bond acceptors (Lipinski definition) is 5. The Morgan fingerprint density at radius 1 is 1.17 bits per heavy atom. The summed E-state index contributed by atoms with van der Waals surface area (Å²) < 4.78 is 22.9. The first-order chi connectivity index (χ1) is 10.9. The van der Waals surface area contributed by atoms with Crippen LogP contribution in [0.25, 0.3) is 0 Å². The normalized spacial score (nSPS) is 13.2. The van der Waals surface area contributed by atoms with E-state index in [0.29, 0.717) is 18.7 Å². The summed E-state index contributed by atoms with van der Waals surface area (Å²) in [5.41, 5.74) is 1.66. The molecule has 0 saturated heterocycles. The monoisotopic (exact) mass is 334 g/mol. The Balaban J connectivity index is 2.03. The molecule has 2 aromatic rings. The number of sulfone groups is 1. The van der Waals surface area contributed by atoms with E-state index in [9.17, 15) is 13.5 Å². The summed E-state index contributed by atoms with van der Waals surface area (Å²) in [6, 6.07) is 12.2. The summed E-state index contributed by atoms with van der Waals surface area (Å²) in [6.07, 6.45) is 2.25. The van der Waals surface area contributed by atoms with Crippen LogP contribution in [0, 0.1) is 0 Å². The number of aromatic nitrogens is 1. The van der Waals surface area contributed by atoms with Crippen LogP contribution in [-0.2, 0) is 16.4 Å². The maximum atomic E-state index is 11.5. The van der Waals surface area contributed by atoms with Gasteiger partial charge >= 0.3 is 0 Å². The summed E-state index contributed by atoms with van der Waals surface area (Å²) in [4.78, 5) is 6.65. The van der Waals surface area contributed by atoms with Crippen LogP contribution >= 0.6 is 0 Å². The predicted octanol–water partition coefficient (Wildman–Crippen LogP) is 2.04. The lowest BCUT2D eigenvalue weighted by Gasteiger charge is -2.23. The molecule has 23 heavy (non-hydrogen) atoms. The van der Waals surface area contributed by atoms with Gasteiger partial charge in [0.1, 0.15) is 0 Å². The second-order valence-electron chi connectivity index (χ2n) is 5.51. The van der Waals surface area contributed by atoms with Gasteiger partial charge in [0, 0.05) is 25.5 Å². The molecule has 1 N–H and O–H groups in total. The number of benzene rings is 1. The third-order valence-corrected chi connectivity index (χ3v) is 4.81. The predicted molar refractivity (Wildman–Crippen MR) is 89.7 cm³/mol. The van der Waals surface area contributed by atoms with E-state index >= 15 is 0 Å². The highest BCUT2D eigenvalue weighted by atomic mass is 32.2. The molecule has 0 aliphatic heterocycles. The van der Waals surface area contributed by atoms with Gasteiger partial charge < -0.3 is 5.11 Å². The maximum Gasteiger partial charge on any atom is 0.175 e. The van der Waals surface area contributed by atoms with Gasteiger partial charge in [-0.1, -0.05) is 25.1 Å². The van der Waals surface area contributed by atoms with Crippen LogP contribution in [0.2, 0.25) is 0 Å². The van der Waals surface area contributed by atoms with Crippen molar-refractivity contribution in [3.05, 3.63) is 59.9 Å². The Hall–Kier alpha value is -1.76. The average molecular weight is 334 g/mol.